The average Bonchev–Trinajstić information content (AvgIpc) is 3.45. The number of carbonyl (C=O) groups is 3. The molecule has 1 atom stereocenters. The van der Waals surface area contributed by atoms with Crippen LogP contribution >= 0.6 is 15.9 Å². The molecule has 4 amide bonds. The van der Waals surface area contributed by atoms with Crippen molar-refractivity contribution < 1.29 is 19.1 Å². The van der Waals surface area contributed by atoms with E-state index in [1.807, 2.05) is 46.2 Å². The Balaban J connectivity index is 1.07. The van der Waals surface area contributed by atoms with Crippen molar-refractivity contribution in [3.8, 4) is 0 Å². The first-order valence-electron chi connectivity index (χ1n) is 16.7. The smallest absolute Gasteiger partial charge is 0.410 e. The Kier molecular flexibility index (Phi) is 10.7. The van der Waals surface area contributed by atoms with E-state index in [-0.39, 0.29) is 24.4 Å². The van der Waals surface area contributed by atoms with Crippen LogP contribution in [0.25, 0.3) is 0 Å². The lowest BCUT2D eigenvalue weighted by Gasteiger charge is -2.40. The number of hydrogen-bond acceptors (Lipinski definition) is 7. The van der Waals surface area contributed by atoms with Gasteiger partial charge < -0.3 is 35.8 Å². The number of benzene rings is 2. The van der Waals surface area contributed by atoms with E-state index in [0.29, 0.717) is 57.3 Å². The van der Waals surface area contributed by atoms with Crippen LogP contribution in [0, 0.1) is 0 Å². The van der Waals surface area contributed by atoms with Crippen molar-refractivity contribution in [2.45, 2.75) is 63.1 Å². The molecular weight excluding hydrogens is 650 g/mol. The van der Waals surface area contributed by atoms with E-state index in [2.05, 4.69) is 31.5 Å². The number of nitrogen functional groups attached to an aromatic ring is 1. The zero-order valence-corrected chi connectivity index (χ0v) is 28.1. The lowest BCUT2D eigenvalue weighted by atomic mass is 10.0. The molecule has 0 bridgehead atoms. The van der Waals surface area contributed by atoms with E-state index in [9.17, 15) is 14.4 Å². The second kappa shape index (κ2) is 15.0. The molecule has 4 heterocycles. The van der Waals surface area contributed by atoms with Crippen LogP contribution in [0.2, 0.25) is 0 Å². The van der Waals surface area contributed by atoms with Crippen molar-refractivity contribution in [2.75, 3.05) is 70.0 Å². The van der Waals surface area contributed by atoms with E-state index in [0.717, 1.165) is 73.1 Å². The second-order valence-corrected chi connectivity index (χ2v) is 13.7. The maximum Gasteiger partial charge on any atom is 0.410 e. The number of likely N-dealkylation sites (tertiary alicyclic amines) is 2. The summed E-state index contributed by atoms with van der Waals surface area (Å²) in [4.78, 5) is 48.6. The minimum absolute atomic E-state index is 0.0317. The molecule has 2 aromatic rings. The third kappa shape index (κ3) is 7.78. The Morgan fingerprint density at radius 1 is 0.913 bits per heavy atom. The number of hydrogen-bond donors (Lipinski definition) is 3. The van der Waals surface area contributed by atoms with Crippen LogP contribution in [-0.4, -0.2) is 115 Å². The van der Waals surface area contributed by atoms with E-state index in [4.69, 9.17) is 10.5 Å². The summed E-state index contributed by atoms with van der Waals surface area (Å²) in [5.41, 5.74) is 9.49. The van der Waals surface area contributed by atoms with Crippen molar-refractivity contribution in [2.24, 2.45) is 0 Å². The highest BCUT2D eigenvalue weighted by atomic mass is 79.9. The summed E-state index contributed by atoms with van der Waals surface area (Å²) in [7, 11) is 0. The van der Waals surface area contributed by atoms with E-state index < -0.39 is 12.2 Å². The standard InChI is InChI=1S/C34H46BrN7O4/c35-28-22-24(6-7-29(28)36)23-31(32(43)40-16-9-26(10-17-40)39-15-3-13-37-14-21-39)46-34(45)41-18-11-27(12-19-41)42-20-8-25-4-1-2-5-30(25)38-33(42)44/h1-2,4-7,22,26-27,31,37H,3,8-21,23,36H2,(H,38,44)/t31-/m1/s1. The van der Waals surface area contributed by atoms with Gasteiger partial charge in [0.15, 0.2) is 6.10 Å². The number of rotatable bonds is 6. The highest BCUT2D eigenvalue weighted by Crippen LogP contribution is 2.27. The molecule has 6 rings (SSSR count). The Bertz CT molecular complexity index is 1390. The first-order chi connectivity index (χ1) is 22.4. The van der Waals surface area contributed by atoms with Crippen LogP contribution in [0.4, 0.5) is 21.0 Å². The molecule has 4 N–H and O–H groups in total. The van der Waals surface area contributed by atoms with Crippen LogP contribution in [0.3, 0.4) is 0 Å². The zero-order chi connectivity index (χ0) is 32.0. The van der Waals surface area contributed by atoms with E-state index in [1.165, 1.54) is 0 Å². The normalized spacial score (nSPS) is 21.2. The fraction of sp³-hybridized carbons (Fsp3) is 0.559. The molecule has 0 aromatic heterocycles. The summed E-state index contributed by atoms with van der Waals surface area (Å²) in [5, 5.41) is 6.52. The van der Waals surface area contributed by atoms with E-state index in [1.54, 1.807) is 11.0 Å². The molecule has 3 saturated heterocycles. The topological polar surface area (TPSA) is 123 Å². The van der Waals surface area contributed by atoms with Crippen LogP contribution in [0.1, 0.15) is 43.2 Å². The molecule has 46 heavy (non-hydrogen) atoms. The zero-order valence-electron chi connectivity index (χ0n) is 26.5. The van der Waals surface area contributed by atoms with E-state index >= 15 is 0 Å². The number of urea groups is 1. The van der Waals surface area contributed by atoms with Gasteiger partial charge in [0.2, 0.25) is 0 Å². The van der Waals surface area contributed by atoms with Gasteiger partial charge >= 0.3 is 12.1 Å². The van der Waals surface area contributed by atoms with Gasteiger partial charge in [-0.05, 0) is 96.9 Å². The Morgan fingerprint density at radius 2 is 1.65 bits per heavy atom. The number of nitrogens with zero attached hydrogens (tertiary/aromatic N) is 4. The number of anilines is 2. The molecule has 4 aliphatic heterocycles. The van der Waals surface area contributed by atoms with Gasteiger partial charge in [-0.3, -0.25) is 9.69 Å². The van der Waals surface area contributed by atoms with Crippen molar-refractivity contribution in [1.82, 2.24) is 24.9 Å². The van der Waals surface area contributed by atoms with Gasteiger partial charge in [-0.1, -0.05) is 24.3 Å². The molecule has 0 spiro atoms. The minimum Gasteiger partial charge on any atom is -0.436 e. The fourth-order valence-electron chi connectivity index (χ4n) is 7.27. The number of fused-ring (bicyclic) bond motifs is 1. The van der Waals surface area contributed by atoms with Gasteiger partial charge in [-0.2, -0.15) is 0 Å². The Labute approximate surface area is 279 Å². The van der Waals surface area contributed by atoms with Crippen LogP contribution in [0.15, 0.2) is 46.9 Å². The lowest BCUT2D eigenvalue weighted by Crippen LogP contribution is -2.52. The van der Waals surface area contributed by atoms with Gasteiger partial charge in [0.05, 0.1) is 0 Å². The Hall–Kier alpha value is -3.35. The number of carbonyl (C=O) groups excluding carboxylic acids is 3. The first kappa shape index (κ1) is 32.6. The molecular formula is C34H46BrN7O4. The number of piperidine rings is 2. The van der Waals surface area contributed by atoms with Crippen LogP contribution in [0.5, 0.6) is 0 Å². The quantitative estimate of drug-likeness (QED) is 0.392. The van der Waals surface area contributed by atoms with Crippen molar-refractivity contribution in [1.29, 1.82) is 0 Å². The number of nitrogens with one attached hydrogen (secondary N) is 2. The van der Waals surface area contributed by atoms with Gasteiger partial charge in [0.25, 0.3) is 5.91 Å². The molecule has 12 heteroatoms. The highest BCUT2D eigenvalue weighted by Gasteiger charge is 2.36. The van der Waals surface area contributed by atoms with Crippen molar-refractivity contribution >= 4 is 45.3 Å². The maximum absolute atomic E-state index is 14.0. The predicted octanol–water partition coefficient (Wildman–Crippen LogP) is 3.92. The average molecular weight is 697 g/mol. The fourth-order valence-corrected chi connectivity index (χ4v) is 7.70. The first-order valence-corrected chi connectivity index (χ1v) is 17.5. The number of halogens is 1. The summed E-state index contributed by atoms with van der Waals surface area (Å²) < 4.78 is 6.79. The summed E-state index contributed by atoms with van der Waals surface area (Å²) in [5.74, 6) is -0.145. The number of nitrogens with two attached hydrogens (primary N) is 1. The lowest BCUT2D eigenvalue weighted by molar-refractivity contribution is -0.142. The Morgan fingerprint density at radius 3 is 2.43 bits per heavy atom. The van der Waals surface area contributed by atoms with Crippen LogP contribution in [-0.2, 0) is 22.4 Å². The van der Waals surface area contributed by atoms with Gasteiger partial charge in [0.1, 0.15) is 0 Å². The molecule has 0 aliphatic carbocycles. The largest absolute Gasteiger partial charge is 0.436 e. The summed E-state index contributed by atoms with van der Waals surface area (Å²) >= 11 is 3.49. The number of para-hydroxylation sites is 1. The molecule has 3 fully saturated rings. The van der Waals surface area contributed by atoms with Crippen LogP contribution < -0.4 is 16.4 Å². The molecule has 11 nitrogen and oxygen atoms in total. The predicted molar refractivity (Wildman–Crippen MR) is 182 cm³/mol. The number of ether oxygens (including phenoxy) is 1. The molecule has 4 aliphatic rings. The second-order valence-electron chi connectivity index (χ2n) is 12.9. The minimum atomic E-state index is -0.936. The summed E-state index contributed by atoms with van der Waals surface area (Å²) in [6.07, 6.45) is 3.93. The molecule has 0 radical (unpaired) electrons. The third-order valence-corrected chi connectivity index (χ3v) is 10.7. The van der Waals surface area contributed by atoms with Gasteiger partial charge in [-0.25, -0.2) is 9.59 Å². The monoisotopic (exact) mass is 695 g/mol. The van der Waals surface area contributed by atoms with Gasteiger partial charge in [0, 0.05) is 80.2 Å². The van der Waals surface area contributed by atoms with Crippen molar-refractivity contribution in [3.63, 3.8) is 0 Å². The van der Waals surface area contributed by atoms with Gasteiger partial charge in [-0.15, -0.1) is 0 Å². The molecule has 2 aromatic carbocycles. The molecule has 0 unspecified atom stereocenters. The summed E-state index contributed by atoms with van der Waals surface area (Å²) in [6, 6.07) is 13.9. The molecule has 0 saturated carbocycles. The number of amides is 4. The third-order valence-electron chi connectivity index (χ3n) is 9.98. The van der Waals surface area contributed by atoms with Crippen molar-refractivity contribution in [3.05, 3.63) is 58.1 Å². The highest BCUT2D eigenvalue weighted by molar-refractivity contribution is 9.10. The molecule has 248 valence electrons. The summed E-state index contributed by atoms with van der Waals surface area (Å²) in [6.45, 7) is 7.06. The maximum atomic E-state index is 14.0. The SMILES string of the molecule is Nc1ccc(C[C@@H](OC(=O)N2CCC(N3CCc4ccccc4NC3=O)CC2)C(=O)N2CCC(N3CCCNCC3)CC2)cc1Br.